The van der Waals surface area contributed by atoms with E-state index in [-0.39, 0.29) is 18.3 Å². The number of thiocarbonyl (C=S) groups is 1. The molecule has 0 saturated carbocycles. The Morgan fingerprint density at radius 2 is 1.92 bits per heavy atom. The Balaban J connectivity index is 2.32. The first-order valence-electron chi connectivity index (χ1n) is 8.68. The Morgan fingerprint density at radius 1 is 1.16 bits per heavy atom. The molecule has 0 radical (unpaired) electrons. The summed E-state index contributed by atoms with van der Waals surface area (Å²) in [5.74, 6) is 1.66. The number of allylic oxidation sites excluding steroid dienone is 2. The fraction of sp³-hybridized carbons (Fsp3) is 0.500. The van der Waals surface area contributed by atoms with Gasteiger partial charge in [0.05, 0.1) is 14.2 Å². The predicted octanol–water partition coefficient (Wildman–Crippen LogP) is 3.99. The van der Waals surface area contributed by atoms with E-state index in [1.54, 1.807) is 20.3 Å². The van der Waals surface area contributed by atoms with E-state index in [4.69, 9.17) is 21.7 Å². The van der Waals surface area contributed by atoms with Crippen LogP contribution in [0.1, 0.15) is 44.1 Å². The maximum atomic E-state index is 12.3. The molecule has 1 N–H and O–H groups in total. The van der Waals surface area contributed by atoms with Gasteiger partial charge in [0.1, 0.15) is 0 Å². The van der Waals surface area contributed by atoms with Crippen molar-refractivity contribution in [2.45, 2.75) is 38.5 Å². The van der Waals surface area contributed by atoms with Crippen LogP contribution in [0.2, 0.25) is 0 Å². The maximum Gasteiger partial charge on any atom is 0.161 e. The third-order valence-electron chi connectivity index (χ3n) is 4.63. The van der Waals surface area contributed by atoms with Crippen LogP contribution in [0.25, 0.3) is 5.57 Å². The number of rotatable bonds is 5. The lowest BCUT2D eigenvalue weighted by Crippen LogP contribution is -2.16. The van der Waals surface area contributed by atoms with E-state index in [0.29, 0.717) is 24.3 Å². The Kier molecular flexibility index (Phi) is 7.59. The molecule has 1 aromatic rings. The molecule has 1 aliphatic rings. The van der Waals surface area contributed by atoms with E-state index in [9.17, 15) is 9.90 Å². The van der Waals surface area contributed by atoms with Crippen molar-refractivity contribution in [1.29, 1.82) is 0 Å². The number of carbonyl (C=O) groups is 1. The number of hydrogen-bond donors (Lipinski definition) is 1. The molecular weight excluding hydrogens is 336 g/mol. The van der Waals surface area contributed by atoms with E-state index in [1.165, 1.54) is 0 Å². The lowest BCUT2D eigenvalue weighted by Gasteiger charge is -2.20. The molecule has 0 fully saturated rings. The summed E-state index contributed by atoms with van der Waals surface area (Å²) in [6.45, 7) is 0.138. The number of methoxy groups -OCH3 is 2. The molecule has 4 nitrogen and oxygen atoms in total. The third-order valence-corrected chi connectivity index (χ3v) is 5.17. The van der Waals surface area contributed by atoms with Gasteiger partial charge >= 0.3 is 0 Å². The second-order valence-corrected chi connectivity index (χ2v) is 6.80. The molecule has 25 heavy (non-hydrogen) atoms. The summed E-state index contributed by atoms with van der Waals surface area (Å²) >= 11 is 5.53. The molecule has 5 heteroatoms. The topological polar surface area (TPSA) is 55.8 Å². The fourth-order valence-corrected chi connectivity index (χ4v) is 3.58. The number of hydrogen-bond acceptors (Lipinski definition) is 5. The van der Waals surface area contributed by atoms with Gasteiger partial charge in [0.15, 0.2) is 17.3 Å². The Hall–Kier alpha value is -1.72. The van der Waals surface area contributed by atoms with Crippen LogP contribution in [0.5, 0.6) is 11.5 Å². The number of aliphatic hydroxyl groups excluding tert-OH is 1. The van der Waals surface area contributed by atoms with Gasteiger partial charge in [-0.3, -0.25) is 4.79 Å². The van der Waals surface area contributed by atoms with Crippen molar-refractivity contribution < 1.29 is 19.4 Å². The molecule has 0 saturated heterocycles. The molecule has 0 aromatic heterocycles. The van der Waals surface area contributed by atoms with Crippen molar-refractivity contribution in [3.63, 3.8) is 0 Å². The van der Waals surface area contributed by atoms with E-state index in [2.05, 4.69) is 0 Å². The second kappa shape index (κ2) is 9.68. The summed E-state index contributed by atoms with van der Waals surface area (Å²) in [4.78, 5) is 13.2. The molecule has 0 amide bonds. The standard InChI is InChI=1S/C20H26O4S/c1-23-18-9-8-16(13-19(18)24-2)15-7-6-14(10-11-21)20(25)5-3-4-17(22)12-15/h8-9,12-14,21H,3-7,10-11H2,1-2H3. The first-order valence-corrected chi connectivity index (χ1v) is 9.09. The highest BCUT2D eigenvalue weighted by molar-refractivity contribution is 7.80. The summed E-state index contributed by atoms with van der Waals surface area (Å²) in [5.41, 5.74) is 1.94. The molecular formula is C20H26O4S. The van der Waals surface area contributed by atoms with Gasteiger partial charge in [-0.25, -0.2) is 0 Å². The van der Waals surface area contributed by atoms with Crippen LogP contribution in [0.3, 0.4) is 0 Å². The molecule has 2 rings (SSSR count). The minimum absolute atomic E-state index is 0.133. The van der Waals surface area contributed by atoms with Gasteiger partial charge < -0.3 is 14.6 Å². The molecule has 0 spiro atoms. The minimum atomic E-state index is 0.133. The van der Waals surface area contributed by atoms with Gasteiger partial charge in [-0.2, -0.15) is 0 Å². The smallest absolute Gasteiger partial charge is 0.161 e. The van der Waals surface area contributed by atoms with Gasteiger partial charge in [0.2, 0.25) is 0 Å². The van der Waals surface area contributed by atoms with Crippen molar-refractivity contribution in [3.05, 3.63) is 29.8 Å². The summed E-state index contributed by atoms with van der Waals surface area (Å²) in [6, 6.07) is 5.71. The molecule has 0 aliphatic heterocycles. The van der Waals surface area contributed by atoms with Crippen molar-refractivity contribution >= 4 is 28.4 Å². The van der Waals surface area contributed by atoms with Crippen LogP contribution < -0.4 is 9.47 Å². The van der Waals surface area contributed by atoms with E-state index < -0.39 is 0 Å². The zero-order valence-corrected chi connectivity index (χ0v) is 15.7. The van der Waals surface area contributed by atoms with Gasteiger partial charge in [-0.05, 0) is 72.2 Å². The molecule has 1 aliphatic carbocycles. The number of carbonyl (C=O) groups excluding carboxylic acids is 1. The summed E-state index contributed by atoms with van der Waals surface area (Å²) in [7, 11) is 3.20. The lowest BCUT2D eigenvalue weighted by molar-refractivity contribution is -0.114. The zero-order chi connectivity index (χ0) is 18.2. The fourth-order valence-electron chi connectivity index (χ4n) is 3.20. The third kappa shape index (κ3) is 5.38. The molecule has 136 valence electrons. The van der Waals surface area contributed by atoms with Gasteiger partial charge in [-0.1, -0.05) is 18.3 Å². The van der Waals surface area contributed by atoms with E-state index in [1.807, 2.05) is 18.2 Å². The molecule has 1 atom stereocenters. The molecule has 1 unspecified atom stereocenters. The summed E-state index contributed by atoms with van der Waals surface area (Å²) in [6.07, 6.45) is 6.08. The second-order valence-electron chi connectivity index (χ2n) is 6.27. The Labute approximate surface area is 154 Å². The monoisotopic (exact) mass is 362 g/mol. The van der Waals surface area contributed by atoms with Crippen molar-refractivity contribution in [2.75, 3.05) is 20.8 Å². The first-order chi connectivity index (χ1) is 12.1. The number of ether oxygens (including phenoxy) is 2. The van der Waals surface area contributed by atoms with E-state index >= 15 is 0 Å². The average Bonchev–Trinajstić information content (AvgIpc) is 2.62. The van der Waals surface area contributed by atoms with Gasteiger partial charge in [0.25, 0.3) is 0 Å². The lowest BCUT2D eigenvalue weighted by atomic mass is 9.87. The van der Waals surface area contributed by atoms with Crippen LogP contribution >= 0.6 is 12.2 Å². The molecule has 0 bridgehead atoms. The number of ketones is 1. The van der Waals surface area contributed by atoms with Crippen LogP contribution in [0, 0.1) is 5.92 Å². The van der Waals surface area contributed by atoms with Crippen molar-refractivity contribution in [2.24, 2.45) is 5.92 Å². The van der Waals surface area contributed by atoms with Gasteiger partial charge in [-0.15, -0.1) is 0 Å². The number of aliphatic hydroxyl groups is 1. The molecule has 1 aromatic carbocycles. The Morgan fingerprint density at radius 3 is 2.60 bits per heavy atom. The first kappa shape index (κ1) is 19.6. The normalized spacial score (nSPS) is 19.3. The van der Waals surface area contributed by atoms with Crippen LogP contribution in [-0.2, 0) is 4.79 Å². The highest BCUT2D eigenvalue weighted by Crippen LogP contribution is 2.33. The summed E-state index contributed by atoms with van der Waals surface area (Å²) < 4.78 is 10.7. The van der Waals surface area contributed by atoms with Crippen LogP contribution in [0.15, 0.2) is 24.3 Å². The predicted molar refractivity (Wildman–Crippen MR) is 103 cm³/mol. The molecule has 0 heterocycles. The highest BCUT2D eigenvalue weighted by atomic mass is 32.1. The average molecular weight is 362 g/mol. The number of benzene rings is 1. The minimum Gasteiger partial charge on any atom is -0.493 e. The largest absolute Gasteiger partial charge is 0.493 e. The van der Waals surface area contributed by atoms with Crippen LogP contribution in [0.4, 0.5) is 0 Å². The van der Waals surface area contributed by atoms with Crippen LogP contribution in [-0.4, -0.2) is 36.6 Å². The SMILES string of the molecule is COc1ccc(C2=CC(=O)CCCC(=S)C(CCO)CC2)cc1OC. The van der Waals surface area contributed by atoms with Gasteiger partial charge in [0, 0.05) is 13.0 Å². The summed E-state index contributed by atoms with van der Waals surface area (Å²) in [5, 5.41) is 9.32. The Bertz CT molecular complexity index is 651. The maximum absolute atomic E-state index is 12.3. The zero-order valence-electron chi connectivity index (χ0n) is 14.9. The van der Waals surface area contributed by atoms with E-state index in [0.717, 1.165) is 41.7 Å². The van der Waals surface area contributed by atoms with Crippen molar-refractivity contribution in [1.82, 2.24) is 0 Å². The quantitative estimate of drug-likeness (QED) is 0.803. The van der Waals surface area contributed by atoms with Crippen molar-refractivity contribution in [3.8, 4) is 11.5 Å². The highest BCUT2D eigenvalue weighted by Gasteiger charge is 2.18.